The maximum absolute atomic E-state index is 13.3. The number of hydrogen-bond donors (Lipinski definition) is 1. The molecule has 4 nitrogen and oxygen atoms in total. The third-order valence-corrected chi connectivity index (χ3v) is 4.76. The molecule has 124 valence electrons. The molecule has 1 fully saturated rings. The first kappa shape index (κ1) is 17.7. The van der Waals surface area contributed by atoms with Crippen molar-refractivity contribution in [3.05, 3.63) is 29.0 Å². The van der Waals surface area contributed by atoms with E-state index >= 15 is 0 Å². The minimum Gasteiger partial charge on any atom is -0.760 e. The molecule has 1 aliphatic carbocycles. The van der Waals surface area contributed by atoms with Gasteiger partial charge in [0, 0.05) is 28.9 Å². The third-order valence-electron chi connectivity index (χ3n) is 4.10. The maximum atomic E-state index is 13.3. The molecule has 1 saturated carbocycles. The summed E-state index contributed by atoms with van der Waals surface area (Å²) in [5, 5.41) is 0.317. The quantitative estimate of drug-likeness (QED) is 0.768. The fraction of sp³-hybridized carbons (Fsp3) is 0.600. The Hall–Kier alpha value is -0.690. The summed E-state index contributed by atoms with van der Waals surface area (Å²) in [7, 11) is 0. The average molecular weight is 349 g/mol. The molecule has 0 saturated heterocycles. The molecule has 2 rings (SSSR count). The minimum atomic E-state index is -2.21. The lowest BCUT2D eigenvalue weighted by Crippen LogP contribution is -2.29. The molecule has 1 aliphatic rings. The van der Waals surface area contributed by atoms with E-state index in [1.807, 2.05) is 0 Å². The standard InChI is InChI=1S/C15H21ClFNO3S/c16-13-7-14(17)9-15(8-13)21-10-12-4-2-1-3-11(12)5-6-18-22(19)20/h7-9,11-12,18H,1-6,10H2,(H,19,20)/p-1. The van der Waals surface area contributed by atoms with Gasteiger partial charge in [0.15, 0.2) is 0 Å². The highest BCUT2D eigenvalue weighted by Crippen LogP contribution is 2.33. The molecule has 0 heterocycles. The molecule has 3 unspecified atom stereocenters. The fourth-order valence-corrected chi connectivity index (χ4v) is 3.52. The fourth-order valence-electron chi connectivity index (χ4n) is 3.03. The lowest BCUT2D eigenvalue weighted by Gasteiger charge is -2.31. The van der Waals surface area contributed by atoms with Crippen molar-refractivity contribution in [1.29, 1.82) is 0 Å². The van der Waals surface area contributed by atoms with E-state index in [1.165, 1.54) is 12.1 Å². The Bertz CT molecular complexity index is 497. The van der Waals surface area contributed by atoms with Gasteiger partial charge in [-0.1, -0.05) is 30.9 Å². The summed E-state index contributed by atoms with van der Waals surface area (Å²) in [5.41, 5.74) is 0. The Morgan fingerprint density at radius 3 is 2.73 bits per heavy atom. The molecule has 0 spiro atoms. The van der Waals surface area contributed by atoms with Crippen LogP contribution in [-0.4, -0.2) is 21.9 Å². The number of nitrogens with one attached hydrogen (secondary N) is 1. The Morgan fingerprint density at radius 2 is 2.05 bits per heavy atom. The van der Waals surface area contributed by atoms with Crippen LogP contribution in [0.5, 0.6) is 5.75 Å². The van der Waals surface area contributed by atoms with E-state index in [2.05, 4.69) is 4.72 Å². The Kier molecular flexibility index (Phi) is 7.08. The molecule has 1 N–H and O–H groups in total. The number of benzene rings is 1. The second-order valence-corrected chi connectivity index (χ2v) is 6.83. The van der Waals surface area contributed by atoms with Crippen molar-refractivity contribution in [3.8, 4) is 5.75 Å². The first-order chi connectivity index (χ1) is 10.5. The van der Waals surface area contributed by atoms with Gasteiger partial charge in [-0.3, -0.25) is 4.21 Å². The second-order valence-electron chi connectivity index (χ2n) is 5.64. The molecule has 7 heteroatoms. The van der Waals surface area contributed by atoms with E-state index in [0.29, 0.717) is 35.8 Å². The highest BCUT2D eigenvalue weighted by atomic mass is 35.5. The van der Waals surface area contributed by atoms with E-state index in [0.717, 1.165) is 32.1 Å². The summed E-state index contributed by atoms with van der Waals surface area (Å²) in [5.74, 6) is 0.810. The molecular formula is C15H20ClFNO3S-. The van der Waals surface area contributed by atoms with E-state index in [4.69, 9.17) is 16.3 Å². The van der Waals surface area contributed by atoms with Crippen LogP contribution in [0.4, 0.5) is 4.39 Å². The molecule has 0 aliphatic heterocycles. The van der Waals surface area contributed by atoms with Crippen molar-refractivity contribution in [2.75, 3.05) is 13.2 Å². The monoisotopic (exact) mass is 348 g/mol. The zero-order valence-electron chi connectivity index (χ0n) is 12.2. The van der Waals surface area contributed by atoms with Crippen LogP contribution < -0.4 is 9.46 Å². The van der Waals surface area contributed by atoms with Crippen LogP contribution in [0.1, 0.15) is 32.1 Å². The van der Waals surface area contributed by atoms with Gasteiger partial charge in [0.2, 0.25) is 0 Å². The highest BCUT2D eigenvalue weighted by molar-refractivity contribution is 7.77. The molecule has 0 bridgehead atoms. The van der Waals surface area contributed by atoms with E-state index in [-0.39, 0.29) is 0 Å². The van der Waals surface area contributed by atoms with Crippen LogP contribution in [0.25, 0.3) is 0 Å². The van der Waals surface area contributed by atoms with Crippen LogP contribution in [-0.2, 0) is 11.3 Å². The zero-order chi connectivity index (χ0) is 15.9. The Labute approximate surface area is 137 Å². The number of hydrogen-bond acceptors (Lipinski definition) is 3. The lowest BCUT2D eigenvalue weighted by molar-refractivity contribution is 0.143. The van der Waals surface area contributed by atoms with Crippen LogP contribution >= 0.6 is 11.6 Å². The molecule has 0 amide bonds. The number of ether oxygens (including phenoxy) is 1. The topological polar surface area (TPSA) is 61.4 Å². The van der Waals surface area contributed by atoms with Crippen molar-refractivity contribution in [2.45, 2.75) is 32.1 Å². The molecule has 1 aromatic rings. The zero-order valence-corrected chi connectivity index (χ0v) is 13.8. The largest absolute Gasteiger partial charge is 0.760 e. The molecule has 0 radical (unpaired) electrons. The van der Waals surface area contributed by atoms with Gasteiger partial charge in [0.05, 0.1) is 6.61 Å². The van der Waals surface area contributed by atoms with Crippen LogP contribution in [0.15, 0.2) is 18.2 Å². The minimum absolute atomic E-state index is 0.317. The summed E-state index contributed by atoms with van der Waals surface area (Å²) in [6.45, 7) is 0.952. The van der Waals surface area contributed by atoms with Gasteiger partial charge in [0.25, 0.3) is 0 Å². The van der Waals surface area contributed by atoms with E-state index in [1.54, 1.807) is 6.07 Å². The maximum Gasteiger partial charge on any atom is 0.128 e. The molecular weight excluding hydrogens is 329 g/mol. The van der Waals surface area contributed by atoms with E-state index < -0.39 is 17.1 Å². The van der Waals surface area contributed by atoms with Crippen molar-refractivity contribution in [2.24, 2.45) is 11.8 Å². The van der Waals surface area contributed by atoms with Gasteiger partial charge in [-0.15, -0.1) is 0 Å². The van der Waals surface area contributed by atoms with Gasteiger partial charge >= 0.3 is 0 Å². The summed E-state index contributed by atoms with van der Waals surface area (Å²) in [6, 6.07) is 4.17. The van der Waals surface area contributed by atoms with Crippen molar-refractivity contribution >= 4 is 22.9 Å². The van der Waals surface area contributed by atoms with Crippen molar-refractivity contribution < 1.29 is 17.9 Å². The Balaban J connectivity index is 1.86. The third kappa shape index (κ3) is 5.83. The predicted molar refractivity (Wildman–Crippen MR) is 83.9 cm³/mol. The first-order valence-corrected chi connectivity index (χ1v) is 8.91. The second kappa shape index (κ2) is 8.82. The molecule has 22 heavy (non-hydrogen) atoms. The molecule has 1 aromatic carbocycles. The molecule has 3 atom stereocenters. The van der Waals surface area contributed by atoms with Crippen molar-refractivity contribution in [3.63, 3.8) is 0 Å². The van der Waals surface area contributed by atoms with Gasteiger partial charge in [-0.25, -0.2) is 9.11 Å². The van der Waals surface area contributed by atoms with Crippen LogP contribution in [0, 0.1) is 17.7 Å². The Morgan fingerprint density at radius 1 is 1.32 bits per heavy atom. The van der Waals surface area contributed by atoms with Gasteiger partial charge in [0.1, 0.15) is 11.6 Å². The summed E-state index contributed by atoms with van der Waals surface area (Å²) < 4.78 is 42.4. The van der Waals surface area contributed by atoms with Crippen LogP contribution in [0.3, 0.4) is 0 Å². The van der Waals surface area contributed by atoms with Crippen LogP contribution in [0.2, 0.25) is 5.02 Å². The highest BCUT2D eigenvalue weighted by Gasteiger charge is 2.25. The smallest absolute Gasteiger partial charge is 0.128 e. The number of rotatable bonds is 7. The molecule has 0 aromatic heterocycles. The van der Waals surface area contributed by atoms with Crippen molar-refractivity contribution in [1.82, 2.24) is 4.72 Å². The summed E-state index contributed by atoms with van der Waals surface area (Å²) in [4.78, 5) is 0. The normalized spacial score (nSPS) is 23.2. The summed E-state index contributed by atoms with van der Waals surface area (Å²) >= 11 is 3.60. The first-order valence-electron chi connectivity index (χ1n) is 7.46. The number of halogens is 2. The lowest BCUT2D eigenvalue weighted by atomic mass is 9.78. The summed E-state index contributed by atoms with van der Waals surface area (Å²) in [6.07, 6.45) is 5.23. The van der Waals surface area contributed by atoms with E-state index in [9.17, 15) is 13.2 Å². The van der Waals surface area contributed by atoms with Gasteiger partial charge < -0.3 is 9.29 Å². The SMILES string of the molecule is O=S([O-])NCCC1CCCCC1COc1cc(F)cc(Cl)c1. The van der Waals surface area contributed by atoms with Gasteiger partial charge in [-0.05, 0) is 36.8 Å². The average Bonchev–Trinajstić information content (AvgIpc) is 2.45. The predicted octanol–water partition coefficient (Wildman–Crippen LogP) is 3.44. The van der Waals surface area contributed by atoms with Gasteiger partial charge in [-0.2, -0.15) is 0 Å².